The van der Waals surface area contributed by atoms with Gasteiger partial charge in [0.05, 0.1) is 25.4 Å². The summed E-state index contributed by atoms with van der Waals surface area (Å²) in [5.41, 5.74) is 2.23. The van der Waals surface area contributed by atoms with E-state index in [1.54, 1.807) is 44.6 Å². The van der Waals surface area contributed by atoms with E-state index in [0.717, 1.165) is 24.5 Å². The fourth-order valence-electron chi connectivity index (χ4n) is 3.72. The molecule has 1 amide bonds. The van der Waals surface area contributed by atoms with Crippen molar-refractivity contribution < 1.29 is 18.7 Å². The second-order valence-electron chi connectivity index (χ2n) is 7.27. The third-order valence-electron chi connectivity index (χ3n) is 5.39. The van der Waals surface area contributed by atoms with Gasteiger partial charge in [-0.1, -0.05) is 0 Å². The number of halogens is 1. The molecule has 0 aliphatic carbocycles. The van der Waals surface area contributed by atoms with Gasteiger partial charge in [-0.25, -0.2) is 4.39 Å². The molecular formula is C23H24FN3O3. The van der Waals surface area contributed by atoms with Gasteiger partial charge in [-0.05, 0) is 42.5 Å². The molecule has 1 aromatic heterocycles. The molecule has 1 saturated heterocycles. The molecule has 4 rings (SSSR count). The second kappa shape index (κ2) is 8.67. The zero-order chi connectivity index (χ0) is 21.1. The van der Waals surface area contributed by atoms with Crippen molar-refractivity contribution in [1.29, 1.82) is 0 Å². The molecule has 0 saturated carbocycles. The normalized spacial score (nSPS) is 14.7. The Morgan fingerprint density at radius 3 is 2.40 bits per heavy atom. The van der Waals surface area contributed by atoms with Crippen LogP contribution in [0.1, 0.15) is 16.1 Å². The van der Waals surface area contributed by atoms with Crippen molar-refractivity contribution in [1.82, 2.24) is 14.8 Å². The van der Waals surface area contributed by atoms with Gasteiger partial charge < -0.3 is 14.4 Å². The maximum atomic E-state index is 13.6. The van der Waals surface area contributed by atoms with Gasteiger partial charge >= 0.3 is 0 Å². The molecule has 6 nitrogen and oxygen atoms in total. The Kier molecular flexibility index (Phi) is 5.81. The lowest BCUT2D eigenvalue weighted by molar-refractivity contribution is 0.0627. The monoisotopic (exact) mass is 409 g/mol. The van der Waals surface area contributed by atoms with E-state index >= 15 is 0 Å². The van der Waals surface area contributed by atoms with Crippen molar-refractivity contribution in [3.05, 3.63) is 65.6 Å². The van der Waals surface area contributed by atoms with E-state index in [0.29, 0.717) is 41.9 Å². The molecule has 0 bridgehead atoms. The highest BCUT2D eigenvalue weighted by Gasteiger charge is 2.23. The van der Waals surface area contributed by atoms with E-state index in [2.05, 4.69) is 9.88 Å². The Morgan fingerprint density at radius 2 is 1.73 bits per heavy atom. The SMILES string of the molecule is COc1ccc(C(=O)N2CCN(Cc3cc(OC)c4cc(F)ccc4n3)CC2)cc1. The number of carbonyl (C=O) groups excluding carboxylic acids is 1. The maximum Gasteiger partial charge on any atom is 0.253 e. The zero-order valence-corrected chi connectivity index (χ0v) is 17.1. The van der Waals surface area contributed by atoms with E-state index in [4.69, 9.17) is 9.47 Å². The first-order chi connectivity index (χ1) is 14.6. The molecule has 0 N–H and O–H groups in total. The summed E-state index contributed by atoms with van der Waals surface area (Å²) < 4.78 is 24.1. The van der Waals surface area contributed by atoms with Gasteiger partial charge in [-0.15, -0.1) is 0 Å². The number of amides is 1. The van der Waals surface area contributed by atoms with Crippen molar-refractivity contribution in [2.24, 2.45) is 0 Å². The molecule has 7 heteroatoms. The zero-order valence-electron chi connectivity index (χ0n) is 17.1. The maximum absolute atomic E-state index is 13.6. The molecule has 0 atom stereocenters. The van der Waals surface area contributed by atoms with Gasteiger partial charge in [0, 0.05) is 49.7 Å². The summed E-state index contributed by atoms with van der Waals surface area (Å²) in [5.74, 6) is 1.07. The molecule has 0 radical (unpaired) electrons. The number of fused-ring (bicyclic) bond motifs is 1. The fourth-order valence-corrected chi connectivity index (χ4v) is 3.72. The first-order valence-electron chi connectivity index (χ1n) is 9.86. The third kappa shape index (κ3) is 4.21. The smallest absolute Gasteiger partial charge is 0.253 e. The number of piperazine rings is 1. The van der Waals surface area contributed by atoms with Crippen LogP contribution in [0, 0.1) is 5.82 Å². The van der Waals surface area contributed by atoms with E-state index < -0.39 is 0 Å². The Balaban J connectivity index is 1.41. The standard InChI is InChI=1S/C23H24FN3O3/c1-29-19-6-3-16(4-7-19)23(28)27-11-9-26(10-12-27)15-18-14-22(30-2)20-13-17(24)5-8-21(20)25-18/h3-8,13-14H,9-12,15H2,1-2H3. The van der Waals surface area contributed by atoms with Crippen molar-refractivity contribution >= 4 is 16.8 Å². The van der Waals surface area contributed by atoms with Crippen LogP contribution in [0.15, 0.2) is 48.5 Å². The number of pyridine rings is 1. The summed E-state index contributed by atoms with van der Waals surface area (Å²) in [6, 6.07) is 13.6. The van der Waals surface area contributed by atoms with E-state index in [9.17, 15) is 9.18 Å². The first kappa shape index (κ1) is 20.1. The highest BCUT2D eigenvalue weighted by molar-refractivity contribution is 5.94. The van der Waals surface area contributed by atoms with Crippen LogP contribution in [0.5, 0.6) is 11.5 Å². The molecule has 2 heterocycles. The number of ether oxygens (including phenoxy) is 2. The van der Waals surface area contributed by atoms with Crippen LogP contribution >= 0.6 is 0 Å². The lowest BCUT2D eigenvalue weighted by Crippen LogP contribution is -2.48. The van der Waals surface area contributed by atoms with Gasteiger partial charge in [-0.3, -0.25) is 14.7 Å². The van der Waals surface area contributed by atoms with Crippen molar-refractivity contribution in [3.63, 3.8) is 0 Å². The molecule has 2 aromatic carbocycles. The van der Waals surface area contributed by atoms with Gasteiger partial charge in [-0.2, -0.15) is 0 Å². The minimum atomic E-state index is -0.312. The van der Waals surface area contributed by atoms with Crippen molar-refractivity contribution in [3.8, 4) is 11.5 Å². The number of aromatic nitrogens is 1. The van der Waals surface area contributed by atoms with E-state index in [-0.39, 0.29) is 11.7 Å². The topological polar surface area (TPSA) is 54.9 Å². The Bertz CT molecular complexity index is 1050. The lowest BCUT2D eigenvalue weighted by atomic mass is 10.1. The van der Waals surface area contributed by atoms with Crippen LogP contribution in [0.25, 0.3) is 10.9 Å². The molecule has 1 aliphatic rings. The Labute approximate surface area is 174 Å². The number of methoxy groups -OCH3 is 2. The van der Waals surface area contributed by atoms with Crippen LogP contribution in [-0.2, 0) is 6.54 Å². The highest BCUT2D eigenvalue weighted by Crippen LogP contribution is 2.27. The quantitative estimate of drug-likeness (QED) is 0.647. The number of benzene rings is 2. The van der Waals surface area contributed by atoms with Crippen molar-refractivity contribution in [2.45, 2.75) is 6.54 Å². The number of carbonyl (C=O) groups is 1. The summed E-state index contributed by atoms with van der Waals surface area (Å²) in [4.78, 5) is 21.5. The number of hydrogen-bond acceptors (Lipinski definition) is 5. The number of rotatable bonds is 5. The van der Waals surface area contributed by atoms with Crippen LogP contribution in [0.2, 0.25) is 0 Å². The largest absolute Gasteiger partial charge is 0.497 e. The third-order valence-corrected chi connectivity index (χ3v) is 5.39. The molecule has 0 unspecified atom stereocenters. The molecule has 0 spiro atoms. The van der Waals surface area contributed by atoms with Gasteiger partial charge in [0.1, 0.15) is 17.3 Å². The summed E-state index contributed by atoms with van der Waals surface area (Å²) in [6.45, 7) is 3.47. The van der Waals surface area contributed by atoms with Crippen LogP contribution in [-0.4, -0.2) is 61.1 Å². The van der Waals surface area contributed by atoms with E-state index in [1.165, 1.54) is 12.1 Å². The molecule has 1 fully saturated rings. The van der Waals surface area contributed by atoms with Crippen LogP contribution in [0.3, 0.4) is 0 Å². The average Bonchev–Trinajstić information content (AvgIpc) is 2.79. The lowest BCUT2D eigenvalue weighted by Gasteiger charge is -2.34. The van der Waals surface area contributed by atoms with Gasteiger partial charge in [0.2, 0.25) is 0 Å². The van der Waals surface area contributed by atoms with Crippen LogP contribution in [0.4, 0.5) is 4.39 Å². The highest BCUT2D eigenvalue weighted by atomic mass is 19.1. The summed E-state index contributed by atoms with van der Waals surface area (Å²) in [6.07, 6.45) is 0. The molecule has 30 heavy (non-hydrogen) atoms. The molecule has 156 valence electrons. The number of hydrogen-bond donors (Lipinski definition) is 0. The Morgan fingerprint density at radius 1 is 1.00 bits per heavy atom. The fraction of sp³-hybridized carbons (Fsp3) is 0.304. The predicted octanol–water partition coefficient (Wildman–Crippen LogP) is 3.35. The minimum absolute atomic E-state index is 0.0322. The van der Waals surface area contributed by atoms with Gasteiger partial charge in [0.15, 0.2) is 0 Å². The average molecular weight is 409 g/mol. The molecular weight excluding hydrogens is 385 g/mol. The first-order valence-corrected chi connectivity index (χ1v) is 9.86. The summed E-state index contributed by atoms with van der Waals surface area (Å²) in [5, 5.41) is 0.663. The second-order valence-corrected chi connectivity index (χ2v) is 7.27. The minimum Gasteiger partial charge on any atom is -0.497 e. The number of nitrogens with zero attached hydrogens (tertiary/aromatic N) is 3. The summed E-state index contributed by atoms with van der Waals surface area (Å²) in [7, 11) is 3.18. The van der Waals surface area contributed by atoms with Gasteiger partial charge in [0.25, 0.3) is 5.91 Å². The Hall–Kier alpha value is -3.19. The molecule has 3 aromatic rings. The van der Waals surface area contributed by atoms with E-state index in [1.807, 2.05) is 11.0 Å². The van der Waals surface area contributed by atoms with Crippen molar-refractivity contribution in [2.75, 3.05) is 40.4 Å². The molecule has 1 aliphatic heterocycles. The summed E-state index contributed by atoms with van der Waals surface area (Å²) >= 11 is 0. The van der Waals surface area contributed by atoms with Crippen LogP contribution < -0.4 is 9.47 Å². The predicted molar refractivity (Wildman–Crippen MR) is 112 cm³/mol.